The highest BCUT2D eigenvalue weighted by molar-refractivity contribution is 5.11. The molecule has 2 heteroatoms. The molecule has 0 spiro atoms. The van der Waals surface area contributed by atoms with Crippen LogP contribution in [0.3, 0.4) is 0 Å². The minimum absolute atomic E-state index is 0.689. The van der Waals surface area contributed by atoms with Gasteiger partial charge in [-0.1, -0.05) is 19.3 Å². The summed E-state index contributed by atoms with van der Waals surface area (Å²) in [6.45, 7) is 0.840. The molecule has 0 aliphatic heterocycles. The van der Waals surface area contributed by atoms with Gasteiger partial charge in [0, 0.05) is 5.92 Å². The van der Waals surface area contributed by atoms with Crippen LogP contribution in [0.2, 0.25) is 0 Å². The van der Waals surface area contributed by atoms with Gasteiger partial charge >= 0.3 is 0 Å². The summed E-state index contributed by atoms with van der Waals surface area (Å²) in [5.41, 5.74) is 0. The molecule has 0 radical (unpaired) electrons. The van der Waals surface area contributed by atoms with Crippen LogP contribution in [0.15, 0.2) is 16.5 Å². The van der Waals surface area contributed by atoms with Crippen LogP contribution in [-0.4, -0.2) is 7.05 Å². The molecule has 1 N–H and O–H groups in total. The number of hydrogen-bond donors (Lipinski definition) is 1. The maximum Gasteiger partial charge on any atom is 0.117 e. The second kappa shape index (κ2) is 4.65. The van der Waals surface area contributed by atoms with E-state index in [1.165, 1.54) is 37.9 Å². The van der Waals surface area contributed by atoms with E-state index in [1.807, 2.05) is 7.05 Å². The molecule has 2 nitrogen and oxygen atoms in total. The molecule has 0 bridgehead atoms. The fraction of sp³-hybridized carbons (Fsp3) is 0.667. The molecule has 1 aliphatic rings. The van der Waals surface area contributed by atoms with Gasteiger partial charge in [-0.3, -0.25) is 0 Å². The third-order valence-electron chi connectivity index (χ3n) is 3.04. The summed E-state index contributed by atoms with van der Waals surface area (Å²) < 4.78 is 5.80. The summed E-state index contributed by atoms with van der Waals surface area (Å²) in [5.74, 6) is 2.96. The van der Waals surface area contributed by atoms with E-state index in [0.29, 0.717) is 5.92 Å². The largest absolute Gasteiger partial charge is 0.464 e. The lowest BCUT2D eigenvalue weighted by atomic mass is 9.88. The fourth-order valence-corrected chi connectivity index (χ4v) is 2.27. The fourth-order valence-electron chi connectivity index (χ4n) is 2.27. The van der Waals surface area contributed by atoms with Crippen LogP contribution in [-0.2, 0) is 6.54 Å². The Balaban J connectivity index is 2.00. The van der Waals surface area contributed by atoms with E-state index in [-0.39, 0.29) is 0 Å². The first-order valence-electron chi connectivity index (χ1n) is 5.63. The zero-order valence-corrected chi connectivity index (χ0v) is 8.88. The van der Waals surface area contributed by atoms with Crippen LogP contribution in [0.1, 0.15) is 49.5 Å². The Morgan fingerprint density at radius 1 is 1.29 bits per heavy atom. The van der Waals surface area contributed by atoms with E-state index in [1.54, 1.807) is 0 Å². The molecule has 1 saturated carbocycles. The van der Waals surface area contributed by atoms with Gasteiger partial charge in [0.15, 0.2) is 0 Å². The van der Waals surface area contributed by atoms with Gasteiger partial charge in [0.25, 0.3) is 0 Å². The highest BCUT2D eigenvalue weighted by atomic mass is 16.3. The average molecular weight is 193 g/mol. The van der Waals surface area contributed by atoms with Gasteiger partial charge in [0.2, 0.25) is 0 Å². The first-order valence-corrected chi connectivity index (χ1v) is 5.63. The molecule has 2 rings (SSSR count). The Labute approximate surface area is 85.7 Å². The number of furan rings is 1. The summed E-state index contributed by atoms with van der Waals surface area (Å²) in [6.07, 6.45) is 6.76. The topological polar surface area (TPSA) is 25.2 Å². The Bertz CT molecular complexity index is 274. The van der Waals surface area contributed by atoms with E-state index >= 15 is 0 Å². The summed E-state index contributed by atoms with van der Waals surface area (Å²) in [5, 5.41) is 3.11. The van der Waals surface area contributed by atoms with Crippen molar-refractivity contribution in [2.75, 3.05) is 7.05 Å². The molecular weight excluding hydrogens is 174 g/mol. The van der Waals surface area contributed by atoms with E-state index in [2.05, 4.69) is 17.4 Å². The molecule has 1 aliphatic carbocycles. The Kier molecular flexibility index (Phi) is 3.25. The standard InChI is InChI=1S/C12H19NO/c1-13-9-11-7-8-12(14-11)10-5-3-2-4-6-10/h7-8,10,13H,2-6,9H2,1H3. The number of hydrogen-bond acceptors (Lipinski definition) is 2. The van der Waals surface area contributed by atoms with E-state index < -0.39 is 0 Å². The summed E-state index contributed by atoms with van der Waals surface area (Å²) >= 11 is 0. The van der Waals surface area contributed by atoms with E-state index in [4.69, 9.17) is 4.42 Å². The van der Waals surface area contributed by atoms with Crippen molar-refractivity contribution in [1.29, 1.82) is 0 Å². The maximum absolute atomic E-state index is 5.80. The predicted molar refractivity (Wildman–Crippen MR) is 57.3 cm³/mol. The Morgan fingerprint density at radius 3 is 2.79 bits per heavy atom. The molecule has 1 aromatic heterocycles. The zero-order valence-electron chi connectivity index (χ0n) is 8.88. The summed E-state index contributed by atoms with van der Waals surface area (Å²) in [6, 6.07) is 4.25. The summed E-state index contributed by atoms with van der Waals surface area (Å²) in [7, 11) is 1.95. The normalized spacial score (nSPS) is 18.6. The van der Waals surface area contributed by atoms with Crippen molar-refractivity contribution in [3.63, 3.8) is 0 Å². The molecule has 1 aromatic rings. The van der Waals surface area contributed by atoms with Crippen molar-refractivity contribution in [2.45, 2.75) is 44.6 Å². The third kappa shape index (κ3) is 2.18. The van der Waals surface area contributed by atoms with Crippen LogP contribution in [0.5, 0.6) is 0 Å². The smallest absolute Gasteiger partial charge is 0.117 e. The molecule has 1 fully saturated rings. The molecule has 0 aromatic carbocycles. The van der Waals surface area contributed by atoms with Gasteiger partial charge in [-0.25, -0.2) is 0 Å². The Morgan fingerprint density at radius 2 is 2.07 bits per heavy atom. The van der Waals surface area contributed by atoms with Gasteiger partial charge < -0.3 is 9.73 Å². The molecular formula is C12H19NO. The number of nitrogens with one attached hydrogen (secondary N) is 1. The van der Waals surface area contributed by atoms with E-state index in [0.717, 1.165) is 12.3 Å². The SMILES string of the molecule is CNCc1ccc(C2CCCCC2)o1. The van der Waals surface area contributed by atoms with Crippen molar-refractivity contribution < 1.29 is 4.42 Å². The molecule has 0 atom stereocenters. The molecule has 0 unspecified atom stereocenters. The van der Waals surface area contributed by atoms with Crippen LogP contribution in [0.25, 0.3) is 0 Å². The predicted octanol–water partition coefficient (Wildman–Crippen LogP) is 3.05. The van der Waals surface area contributed by atoms with Crippen LogP contribution in [0.4, 0.5) is 0 Å². The highest BCUT2D eigenvalue weighted by Crippen LogP contribution is 2.33. The molecule has 0 amide bonds. The Hall–Kier alpha value is -0.760. The summed E-state index contributed by atoms with van der Waals surface area (Å²) in [4.78, 5) is 0. The molecule has 0 saturated heterocycles. The van der Waals surface area contributed by atoms with Gasteiger partial charge in [-0.2, -0.15) is 0 Å². The van der Waals surface area contributed by atoms with Crippen molar-refractivity contribution in [3.05, 3.63) is 23.7 Å². The van der Waals surface area contributed by atoms with Crippen molar-refractivity contribution >= 4 is 0 Å². The lowest BCUT2D eigenvalue weighted by Crippen LogP contribution is -2.04. The minimum Gasteiger partial charge on any atom is -0.464 e. The lowest BCUT2D eigenvalue weighted by molar-refractivity contribution is 0.359. The third-order valence-corrected chi connectivity index (χ3v) is 3.04. The molecule has 14 heavy (non-hydrogen) atoms. The monoisotopic (exact) mass is 193 g/mol. The van der Waals surface area contributed by atoms with Gasteiger partial charge in [0.1, 0.15) is 11.5 Å². The van der Waals surface area contributed by atoms with Gasteiger partial charge in [-0.05, 0) is 32.0 Å². The van der Waals surface area contributed by atoms with Crippen LogP contribution in [0, 0.1) is 0 Å². The van der Waals surface area contributed by atoms with Gasteiger partial charge in [-0.15, -0.1) is 0 Å². The van der Waals surface area contributed by atoms with Crippen molar-refractivity contribution in [1.82, 2.24) is 5.32 Å². The average Bonchev–Trinajstić information content (AvgIpc) is 2.68. The second-order valence-electron chi connectivity index (χ2n) is 4.17. The molecule has 1 heterocycles. The number of rotatable bonds is 3. The first-order chi connectivity index (χ1) is 6.90. The highest BCUT2D eigenvalue weighted by Gasteiger charge is 2.18. The minimum atomic E-state index is 0.689. The second-order valence-corrected chi connectivity index (χ2v) is 4.17. The van der Waals surface area contributed by atoms with Crippen LogP contribution >= 0.6 is 0 Å². The first kappa shape index (κ1) is 9.78. The zero-order chi connectivity index (χ0) is 9.80. The van der Waals surface area contributed by atoms with Crippen molar-refractivity contribution in [2.24, 2.45) is 0 Å². The van der Waals surface area contributed by atoms with Crippen molar-refractivity contribution in [3.8, 4) is 0 Å². The molecule has 78 valence electrons. The quantitative estimate of drug-likeness (QED) is 0.798. The van der Waals surface area contributed by atoms with Crippen LogP contribution < -0.4 is 5.32 Å². The maximum atomic E-state index is 5.80. The lowest BCUT2D eigenvalue weighted by Gasteiger charge is -2.19. The van der Waals surface area contributed by atoms with Gasteiger partial charge in [0.05, 0.1) is 6.54 Å². The van der Waals surface area contributed by atoms with E-state index in [9.17, 15) is 0 Å².